The summed E-state index contributed by atoms with van der Waals surface area (Å²) >= 11 is 0. The number of ether oxygens (including phenoxy) is 3. The summed E-state index contributed by atoms with van der Waals surface area (Å²) in [6, 6.07) is 0. The summed E-state index contributed by atoms with van der Waals surface area (Å²) in [5.41, 5.74) is 0. The molecule has 7 heteroatoms. The molecule has 7 nitrogen and oxygen atoms in total. The average Bonchev–Trinajstić information content (AvgIpc) is 2.57. The summed E-state index contributed by atoms with van der Waals surface area (Å²) in [5, 5.41) is 6.70. The lowest BCUT2D eigenvalue weighted by atomic mass is 10.2. The first-order chi connectivity index (χ1) is 12.2. The van der Waals surface area contributed by atoms with Crippen LogP contribution in [0, 0.1) is 0 Å². The van der Waals surface area contributed by atoms with Gasteiger partial charge in [0.1, 0.15) is 0 Å². The van der Waals surface area contributed by atoms with E-state index in [2.05, 4.69) is 41.3 Å². The Balaban J connectivity index is 2.13. The van der Waals surface area contributed by atoms with Crippen molar-refractivity contribution in [3.8, 4) is 0 Å². The van der Waals surface area contributed by atoms with Crippen LogP contribution in [0.4, 0.5) is 0 Å². The van der Waals surface area contributed by atoms with Crippen molar-refractivity contribution in [3.63, 3.8) is 0 Å². The number of nitrogens with zero attached hydrogens (tertiary/aromatic N) is 2. The molecule has 0 amide bonds. The third kappa shape index (κ3) is 11.4. The van der Waals surface area contributed by atoms with E-state index >= 15 is 0 Å². The molecule has 0 saturated carbocycles. The molecule has 1 rings (SSSR count). The van der Waals surface area contributed by atoms with E-state index in [1.165, 1.54) is 0 Å². The normalized spacial score (nSPS) is 22.2. The summed E-state index contributed by atoms with van der Waals surface area (Å²) in [4.78, 5) is 7.08. The summed E-state index contributed by atoms with van der Waals surface area (Å²) in [7, 11) is 1.68. The molecule has 0 aromatic rings. The van der Waals surface area contributed by atoms with Crippen LogP contribution < -0.4 is 10.6 Å². The van der Waals surface area contributed by atoms with Crippen molar-refractivity contribution in [2.75, 3.05) is 66.2 Å². The van der Waals surface area contributed by atoms with Gasteiger partial charge in [0.05, 0.1) is 25.4 Å². The Hall–Kier alpha value is -0.890. The molecule has 0 aromatic carbocycles. The fourth-order valence-electron chi connectivity index (χ4n) is 2.92. The third-order valence-corrected chi connectivity index (χ3v) is 3.93. The smallest absolute Gasteiger partial charge is 0.191 e. The second kappa shape index (κ2) is 14.3. The molecule has 0 spiro atoms. The van der Waals surface area contributed by atoms with Gasteiger partial charge in [-0.25, -0.2) is 0 Å². The van der Waals surface area contributed by atoms with E-state index in [0.29, 0.717) is 25.4 Å². The Morgan fingerprint density at radius 3 is 2.56 bits per heavy atom. The van der Waals surface area contributed by atoms with Gasteiger partial charge in [-0.15, -0.1) is 0 Å². The highest BCUT2D eigenvalue weighted by Gasteiger charge is 2.21. The van der Waals surface area contributed by atoms with Gasteiger partial charge in [-0.3, -0.25) is 9.89 Å². The Morgan fingerprint density at radius 2 is 1.88 bits per heavy atom. The maximum Gasteiger partial charge on any atom is 0.191 e. The number of guanidine groups is 1. The average molecular weight is 359 g/mol. The Morgan fingerprint density at radius 1 is 1.12 bits per heavy atom. The zero-order valence-corrected chi connectivity index (χ0v) is 16.6. The molecule has 0 radical (unpaired) electrons. The summed E-state index contributed by atoms with van der Waals surface area (Å²) in [6.07, 6.45) is 2.69. The number of rotatable bonds is 12. The van der Waals surface area contributed by atoms with Gasteiger partial charge in [-0.05, 0) is 33.6 Å². The van der Waals surface area contributed by atoms with Crippen LogP contribution in [0.3, 0.4) is 0 Å². The number of nitrogens with one attached hydrogen (secondary N) is 2. The highest BCUT2D eigenvalue weighted by atomic mass is 16.5. The SMILES string of the molecule is CCNC(=NCCCOCCOC)NCCCN1CC(C)OC(C)C1. The van der Waals surface area contributed by atoms with Crippen LogP contribution in [-0.4, -0.2) is 89.3 Å². The number of methoxy groups -OCH3 is 1. The molecule has 1 aliphatic rings. The van der Waals surface area contributed by atoms with E-state index < -0.39 is 0 Å². The maximum atomic E-state index is 5.78. The van der Waals surface area contributed by atoms with Crippen molar-refractivity contribution in [2.45, 2.75) is 45.8 Å². The van der Waals surface area contributed by atoms with Gasteiger partial charge in [0.15, 0.2) is 5.96 Å². The van der Waals surface area contributed by atoms with E-state index in [9.17, 15) is 0 Å². The second-order valence-electron chi connectivity index (χ2n) is 6.52. The van der Waals surface area contributed by atoms with Crippen LogP contribution in [0.1, 0.15) is 33.6 Å². The summed E-state index contributed by atoms with van der Waals surface area (Å²) in [6.45, 7) is 14.1. The monoisotopic (exact) mass is 358 g/mol. The predicted molar refractivity (Wildman–Crippen MR) is 102 cm³/mol. The van der Waals surface area contributed by atoms with Crippen LogP contribution in [0.2, 0.25) is 0 Å². The topological polar surface area (TPSA) is 67.4 Å². The van der Waals surface area contributed by atoms with Crippen molar-refractivity contribution in [1.82, 2.24) is 15.5 Å². The predicted octanol–water partition coefficient (Wildman–Crippen LogP) is 1.09. The molecule has 2 unspecified atom stereocenters. The molecular formula is C18H38N4O3. The molecule has 1 heterocycles. The van der Waals surface area contributed by atoms with Crippen molar-refractivity contribution >= 4 is 5.96 Å². The first-order valence-corrected chi connectivity index (χ1v) is 9.62. The minimum atomic E-state index is 0.335. The number of hydrogen-bond donors (Lipinski definition) is 2. The zero-order chi connectivity index (χ0) is 18.3. The lowest BCUT2D eigenvalue weighted by Gasteiger charge is -2.35. The van der Waals surface area contributed by atoms with Gasteiger partial charge in [-0.2, -0.15) is 0 Å². The van der Waals surface area contributed by atoms with Gasteiger partial charge in [-0.1, -0.05) is 0 Å². The van der Waals surface area contributed by atoms with Crippen LogP contribution >= 0.6 is 0 Å². The van der Waals surface area contributed by atoms with Crippen molar-refractivity contribution < 1.29 is 14.2 Å². The lowest BCUT2D eigenvalue weighted by Crippen LogP contribution is -2.46. The molecule has 1 saturated heterocycles. The lowest BCUT2D eigenvalue weighted by molar-refractivity contribution is -0.0679. The fraction of sp³-hybridized carbons (Fsp3) is 0.944. The van der Waals surface area contributed by atoms with Crippen molar-refractivity contribution in [3.05, 3.63) is 0 Å². The van der Waals surface area contributed by atoms with Crippen molar-refractivity contribution in [2.24, 2.45) is 4.99 Å². The number of hydrogen-bond acceptors (Lipinski definition) is 5. The van der Waals surface area contributed by atoms with Gasteiger partial charge >= 0.3 is 0 Å². The highest BCUT2D eigenvalue weighted by Crippen LogP contribution is 2.10. The molecule has 1 aliphatic heterocycles. The molecule has 0 aliphatic carbocycles. The van der Waals surface area contributed by atoms with E-state index in [4.69, 9.17) is 14.2 Å². The van der Waals surface area contributed by atoms with Crippen LogP contribution in [0.5, 0.6) is 0 Å². The van der Waals surface area contributed by atoms with E-state index in [1.54, 1.807) is 7.11 Å². The van der Waals surface area contributed by atoms with Crippen molar-refractivity contribution in [1.29, 1.82) is 0 Å². The summed E-state index contributed by atoms with van der Waals surface area (Å²) < 4.78 is 16.2. The minimum Gasteiger partial charge on any atom is -0.382 e. The summed E-state index contributed by atoms with van der Waals surface area (Å²) in [5.74, 6) is 0.892. The Bertz CT molecular complexity index is 345. The molecule has 0 aromatic heterocycles. The van der Waals surface area contributed by atoms with Crippen LogP contribution in [0.25, 0.3) is 0 Å². The molecule has 2 atom stereocenters. The van der Waals surface area contributed by atoms with Gasteiger partial charge in [0.25, 0.3) is 0 Å². The van der Waals surface area contributed by atoms with E-state index in [1.807, 2.05) is 0 Å². The Kier molecular flexibility index (Phi) is 12.7. The van der Waals surface area contributed by atoms with E-state index in [-0.39, 0.29) is 0 Å². The fourth-order valence-corrected chi connectivity index (χ4v) is 2.92. The van der Waals surface area contributed by atoms with Gasteiger partial charge in [0.2, 0.25) is 0 Å². The van der Waals surface area contributed by atoms with Gasteiger partial charge in [0, 0.05) is 53.0 Å². The van der Waals surface area contributed by atoms with Crippen LogP contribution in [0.15, 0.2) is 4.99 Å². The van der Waals surface area contributed by atoms with Crippen LogP contribution in [-0.2, 0) is 14.2 Å². The molecule has 25 heavy (non-hydrogen) atoms. The highest BCUT2D eigenvalue weighted by molar-refractivity contribution is 5.79. The van der Waals surface area contributed by atoms with Gasteiger partial charge < -0.3 is 24.8 Å². The molecule has 2 N–H and O–H groups in total. The minimum absolute atomic E-state index is 0.335. The quantitative estimate of drug-likeness (QED) is 0.309. The Labute approximate surface area is 153 Å². The molecular weight excluding hydrogens is 320 g/mol. The first-order valence-electron chi connectivity index (χ1n) is 9.62. The van der Waals surface area contributed by atoms with E-state index in [0.717, 1.165) is 64.7 Å². The second-order valence-corrected chi connectivity index (χ2v) is 6.52. The standard InChI is InChI=1S/C18H38N4O3/c1-5-19-18(21-9-7-11-24-13-12-23-4)20-8-6-10-22-14-16(2)25-17(3)15-22/h16-17H,5-15H2,1-4H3,(H2,19,20,21). The molecule has 148 valence electrons. The zero-order valence-electron chi connectivity index (χ0n) is 16.6. The first kappa shape index (κ1) is 22.2. The third-order valence-electron chi connectivity index (χ3n) is 3.93. The number of aliphatic imine (C=N–C) groups is 1. The number of morpholine rings is 1. The molecule has 1 fully saturated rings. The maximum absolute atomic E-state index is 5.78. The largest absolute Gasteiger partial charge is 0.382 e. The molecule has 0 bridgehead atoms.